The molecular weight excluding hydrogens is 272 g/mol. The predicted molar refractivity (Wildman–Crippen MR) is 65.6 cm³/mol. The average molecular weight is 285 g/mol. The Morgan fingerprint density at radius 2 is 2.06 bits per heavy atom. The van der Waals surface area contributed by atoms with Crippen LogP contribution in [0, 0.1) is 12.3 Å². The number of aliphatic hydroxyl groups excluding tert-OH is 1. The van der Waals surface area contributed by atoms with E-state index in [2.05, 4.69) is 21.9 Å². The first kappa shape index (κ1) is 12.9. The lowest BCUT2D eigenvalue weighted by Gasteiger charge is -2.12. The maximum Gasteiger partial charge on any atom is 0.163 e. The Morgan fingerprint density at radius 1 is 1.38 bits per heavy atom. The van der Waals surface area contributed by atoms with Gasteiger partial charge in [-0.05, 0) is 24.6 Å². The van der Waals surface area contributed by atoms with Crippen LogP contribution in [0.3, 0.4) is 0 Å². The quantitative estimate of drug-likeness (QED) is 0.844. The van der Waals surface area contributed by atoms with E-state index < -0.39 is 0 Å². The molecule has 0 heterocycles. The van der Waals surface area contributed by atoms with Gasteiger partial charge in [0.1, 0.15) is 6.61 Å². The zero-order valence-electron chi connectivity index (χ0n) is 9.00. The van der Waals surface area contributed by atoms with Crippen molar-refractivity contribution < 1.29 is 14.6 Å². The molecule has 0 unspecified atom stereocenters. The van der Waals surface area contributed by atoms with Gasteiger partial charge in [0.05, 0.1) is 13.2 Å². The van der Waals surface area contributed by atoms with Gasteiger partial charge in [0, 0.05) is 4.47 Å². The fraction of sp³-hybridized carbons (Fsp3) is 0.333. The van der Waals surface area contributed by atoms with Crippen molar-refractivity contribution in [2.24, 2.45) is 0 Å². The predicted octanol–water partition coefficient (Wildman–Crippen LogP) is 2.35. The molecule has 0 fully saturated rings. The molecular formula is C12H13BrO3. The lowest BCUT2D eigenvalue weighted by Crippen LogP contribution is -2.00. The summed E-state index contributed by atoms with van der Waals surface area (Å²) >= 11 is 3.34. The molecule has 0 bridgehead atoms. The van der Waals surface area contributed by atoms with Gasteiger partial charge in [-0.2, -0.15) is 0 Å². The number of ether oxygens (including phenoxy) is 2. The van der Waals surface area contributed by atoms with Crippen LogP contribution in [-0.4, -0.2) is 18.3 Å². The van der Waals surface area contributed by atoms with Crippen LogP contribution in [0.5, 0.6) is 11.5 Å². The Labute approximate surface area is 104 Å². The highest BCUT2D eigenvalue weighted by Crippen LogP contribution is 2.33. The maximum atomic E-state index is 9.12. The molecule has 16 heavy (non-hydrogen) atoms. The molecule has 0 saturated heterocycles. The van der Waals surface area contributed by atoms with Gasteiger partial charge in [-0.25, -0.2) is 0 Å². The van der Waals surface area contributed by atoms with Crippen LogP contribution >= 0.6 is 15.9 Å². The Morgan fingerprint density at radius 3 is 2.62 bits per heavy atom. The molecule has 0 atom stereocenters. The monoisotopic (exact) mass is 284 g/mol. The molecule has 0 aliphatic rings. The van der Waals surface area contributed by atoms with E-state index in [1.807, 2.05) is 6.92 Å². The van der Waals surface area contributed by atoms with E-state index in [0.717, 1.165) is 10.0 Å². The Hall–Kier alpha value is -1.18. The van der Waals surface area contributed by atoms with Crippen molar-refractivity contribution >= 4 is 15.9 Å². The van der Waals surface area contributed by atoms with Gasteiger partial charge in [0.15, 0.2) is 11.5 Å². The van der Waals surface area contributed by atoms with E-state index in [-0.39, 0.29) is 13.2 Å². The van der Waals surface area contributed by atoms with Crippen LogP contribution in [0.2, 0.25) is 0 Å². The van der Waals surface area contributed by atoms with Gasteiger partial charge in [-0.3, -0.25) is 0 Å². The summed E-state index contributed by atoms with van der Waals surface area (Å²) in [6.45, 7) is 2.53. The van der Waals surface area contributed by atoms with Gasteiger partial charge >= 0.3 is 0 Å². The highest BCUT2D eigenvalue weighted by atomic mass is 79.9. The highest BCUT2D eigenvalue weighted by Gasteiger charge is 2.09. The summed E-state index contributed by atoms with van der Waals surface area (Å²) in [6.07, 6.45) is 5.13. The molecule has 4 heteroatoms. The van der Waals surface area contributed by atoms with E-state index in [1.165, 1.54) is 0 Å². The minimum atomic E-state index is -0.0594. The van der Waals surface area contributed by atoms with Crippen molar-refractivity contribution in [3.05, 3.63) is 22.2 Å². The SMILES string of the molecule is C#CCOc1cc(Br)c(CO)cc1OCC. The third-order valence-corrected chi connectivity index (χ3v) is 2.63. The summed E-state index contributed by atoms with van der Waals surface area (Å²) in [6, 6.07) is 3.48. The van der Waals surface area contributed by atoms with E-state index in [0.29, 0.717) is 18.1 Å². The second-order valence-corrected chi connectivity index (χ2v) is 3.83. The molecule has 0 aliphatic heterocycles. The van der Waals surface area contributed by atoms with Crippen molar-refractivity contribution in [1.29, 1.82) is 0 Å². The summed E-state index contributed by atoms with van der Waals surface area (Å²) in [4.78, 5) is 0. The fourth-order valence-corrected chi connectivity index (χ4v) is 1.65. The van der Waals surface area contributed by atoms with Gasteiger partial charge in [0.25, 0.3) is 0 Å². The largest absolute Gasteiger partial charge is 0.490 e. The highest BCUT2D eigenvalue weighted by molar-refractivity contribution is 9.10. The summed E-state index contributed by atoms with van der Waals surface area (Å²) in [7, 11) is 0. The zero-order valence-corrected chi connectivity index (χ0v) is 10.6. The second kappa shape index (κ2) is 6.41. The Balaban J connectivity index is 3.04. The lowest BCUT2D eigenvalue weighted by molar-refractivity contribution is 0.275. The molecule has 1 N–H and O–H groups in total. The van der Waals surface area contributed by atoms with Crippen molar-refractivity contribution in [3.63, 3.8) is 0 Å². The topological polar surface area (TPSA) is 38.7 Å². The molecule has 1 rings (SSSR count). The van der Waals surface area contributed by atoms with E-state index in [9.17, 15) is 0 Å². The molecule has 86 valence electrons. The normalized spacial score (nSPS) is 9.62. The number of terminal acetylenes is 1. The number of benzene rings is 1. The molecule has 0 spiro atoms. The number of hydrogen-bond acceptors (Lipinski definition) is 3. The molecule has 0 aliphatic carbocycles. The number of halogens is 1. The zero-order chi connectivity index (χ0) is 12.0. The van der Waals surface area contributed by atoms with E-state index >= 15 is 0 Å². The minimum Gasteiger partial charge on any atom is -0.490 e. The van der Waals surface area contributed by atoms with Crippen LogP contribution in [0.4, 0.5) is 0 Å². The van der Waals surface area contributed by atoms with Crippen LogP contribution in [-0.2, 0) is 6.61 Å². The summed E-state index contributed by atoms with van der Waals surface area (Å²) < 4.78 is 11.5. The number of hydrogen-bond donors (Lipinski definition) is 1. The molecule has 0 amide bonds. The van der Waals surface area contributed by atoms with Crippen LogP contribution in [0.1, 0.15) is 12.5 Å². The fourth-order valence-electron chi connectivity index (χ4n) is 1.20. The van der Waals surface area contributed by atoms with Gasteiger partial charge in [-0.15, -0.1) is 6.42 Å². The first-order valence-corrected chi connectivity index (χ1v) is 5.64. The first-order valence-electron chi connectivity index (χ1n) is 4.85. The average Bonchev–Trinajstić information content (AvgIpc) is 2.29. The third kappa shape index (κ3) is 3.16. The Bertz CT molecular complexity index is 396. The standard InChI is InChI=1S/C12H13BrO3/c1-3-5-16-12-7-10(13)9(8-14)6-11(12)15-4-2/h1,6-7,14H,4-5,8H2,2H3. The van der Waals surface area contributed by atoms with Crippen molar-refractivity contribution in [3.8, 4) is 23.8 Å². The van der Waals surface area contributed by atoms with Crippen molar-refractivity contribution in [2.75, 3.05) is 13.2 Å². The lowest BCUT2D eigenvalue weighted by atomic mass is 10.2. The Kier molecular flexibility index (Phi) is 5.17. The second-order valence-electron chi connectivity index (χ2n) is 2.97. The van der Waals surface area contributed by atoms with Crippen molar-refractivity contribution in [1.82, 2.24) is 0 Å². The van der Waals surface area contributed by atoms with Crippen LogP contribution < -0.4 is 9.47 Å². The van der Waals surface area contributed by atoms with Crippen LogP contribution in [0.15, 0.2) is 16.6 Å². The smallest absolute Gasteiger partial charge is 0.163 e. The third-order valence-electron chi connectivity index (χ3n) is 1.89. The van der Waals surface area contributed by atoms with Gasteiger partial charge in [0.2, 0.25) is 0 Å². The maximum absolute atomic E-state index is 9.12. The van der Waals surface area contributed by atoms with Gasteiger partial charge in [-0.1, -0.05) is 21.9 Å². The molecule has 0 saturated carbocycles. The van der Waals surface area contributed by atoms with Crippen molar-refractivity contribution in [2.45, 2.75) is 13.5 Å². The number of aliphatic hydroxyl groups is 1. The summed E-state index contributed by atoms with van der Waals surface area (Å²) in [5.41, 5.74) is 0.747. The molecule has 1 aromatic carbocycles. The summed E-state index contributed by atoms with van der Waals surface area (Å²) in [5.74, 6) is 3.55. The van der Waals surface area contributed by atoms with Gasteiger partial charge < -0.3 is 14.6 Å². The minimum absolute atomic E-state index is 0.0594. The summed E-state index contributed by atoms with van der Waals surface area (Å²) in [5, 5.41) is 9.12. The molecule has 0 radical (unpaired) electrons. The van der Waals surface area contributed by atoms with E-state index in [4.69, 9.17) is 21.0 Å². The van der Waals surface area contributed by atoms with E-state index in [1.54, 1.807) is 12.1 Å². The number of rotatable bonds is 5. The molecule has 0 aromatic heterocycles. The first-order chi connectivity index (χ1) is 7.72. The molecule has 1 aromatic rings. The van der Waals surface area contributed by atoms with Crippen LogP contribution in [0.25, 0.3) is 0 Å². The molecule has 3 nitrogen and oxygen atoms in total.